The highest BCUT2D eigenvalue weighted by atomic mass is 16.2. The molecule has 9 heteroatoms. The Bertz CT molecular complexity index is 1150. The summed E-state index contributed by atoms with van der Waals surface area (Å²) in [6, 6.07) is 9.11. The second kappa shape index (κ2) is 7.57. The molecule has 1 saturated carbocycles. The lowest BCUT2D eigenvalue weighted by Crippen LogP contribution is -2.54. The van der Waals surface area contributed by atoms with E-state index in [1.807, 2.05) is 12.1 Å². The maximum Gasteiger partial charge on any atom is 0.318 e. The van der Waals surface area contributed by atoms with Gasteiger partial charge in [-0.05, 0) is 43.2 Å². The van der Waals surface area contributed by atoms with Crippen LogP contribution in [0.1, 0.15) is 37.8 Å². The molecule has 3 heterocycles. The van der Waals surface area contributed by atoms with Gasteiger partial charge < -0.3 is 25.8 Å². The largest absolute Gasteiger partial charge is 0.348 e. The van der Waals surface area contributed by atoms with E-state index in [0.717, 1.165) is 54.5 Å². The first-order valence-corrected chi connectivity index (χ1v) is 10.6. The highest BCUT2D eigenvalue weighted by Gasteiger charge is 2.45. The fourth-order valence-corrected chi connectivity index (χ4v) is 4.69. The molecule has 2 aliphatic rings. The summed E-state index contributed by atoms with van der Waals surface area (Å²) in [6.07, 6.45) is 6.72. The average molecular weight is 419 g/mol. The Labute approximate surface area is 179 Å². The van der Waals surface area contributed by atoms with E-state index in [2.05, 4.69) is 36.9 Å². The van der Waals surface area contributed by atoms with Crippen LogP contribution < -0.4 is 21.3 Å². The third-order valence-corrected chi connectivity index (χ3v) is 6.20. The molecule has 9 nitrogen and oxygen atoms in total. The normalized spacial score (nSPS) is 17.1. The highest BCUT2D eigenvalue weighted by molar-refractivity contribution is 5.90. The van der Waals surface area contributed by atoms with Gasteiger partial charge in [-0.15, -0.1) is 0 Å². The van der Waals surface area contributed by atoms with Crippen molar-refractivity contribution in [2.24, 2.45) is 0 Å². The number of fused-ring (bicyclic) bond motifs is 4. The van der Waals surface area contributed by atoms with E-state index in [9.17, 15) is 9.59 Å². The van der Waals surface area contributed by atoms with Gasteiger partial charge in [0.1, 0.15) is 11.2 Å². The van der Waals surface area contributed by atoms with Crippen molar-refractivity contribution in [3.8, 4) is 0 Å². The van der Waals surface area contributed by atoms with Crippen molar-refractivity contribution in [1.82, 2.24) is 25.2 Å². The molecule has 1 aromatic carbocycles. The maximum atomic E-state index is 13.0. The number of carbonyl (C=O) groups excluding carboxylic acids is 2. The molecule has 160 valence electrons. The van der Waals surface area contributed by atoms with Gasteiger partial charge in [-0.1, -0.05) is 19.3 Å². The van der Waals surface area contributed by atoms with Gasteiger partial charge >= 0.3 is 6.03 Å². The molecule has 0 saturated heterocycles. The summed E-state index contributed by atoms with van der Waals surface area (Å²) in [4.78, 5) is 33.6. The minimum atomic E-state index is -0.549. The Hall–Kier alpha value is -3.62. The summed E-state index contributed by atoms with van der Waals surface area (Å²) < 4.78 is 2.16. The van der Waals surface area contributed by atoms with Crippen LogP contribution in [0.5, 0.6) is 0 Å². The smallest absolute Gasteiger partial charge is 0.318 e. The molecule has 0 atom stereocenters. The van der Waals surface area contributed by atoms with Gasteiger partial charge in [-0.25, -0.2) is 9.78 Å². The highest BCUT2D eigenvalue weighted by Crippen LogP contribution is 2.41. The van der Waals surface area contributed by atoms with E-state index in [-0.39, 0.29) is 11.9 Å². The fourth-order valence-electron chi connectivity index (χ4n) is 4.69. The lowest BCUT2D eigenvalue weighted by molar-refractivity contribution is -0.133. The predicted octanol–water partition coefficient (Wildman–Crippen LogP) is 3.22. The van der Waals surface area contributed by atoms with Crippen molar-refractivity contribution in [3.63, 3.8) is 0 Å². The average Bonchev–Trinajstić information content (AvgIpc) is 3.17. The number of aromatic nitrogens is 3. The Morgan fingerprint density at radius 2 is 1.87 bits per heavy atom. The molecule has 5 rings (SSSR count). The molecular weight excluding hydrogens is 394 g/mol. The van der Waals surface area contributed by atoms with Gasteiger partial charge in [-0.3, -0.25) is 4.79 Å². The number of amides is 3. The topological polar surface area (TPSA) is 113 Å². The first-order chi connectivity index (χ1) is 15.1. The molecule has 1 spiro atoms. The minimum absolute atomic E-state index is 0.101. The van der Waals surface area contributed by atoms with E-state index in [1.54, 1.807) is 25.4 Å². The number of anilines is 3. The zero-order valence-corrected chi connectivity index (χ0v) is 17.4. The van der Waals surface area contributed by atoms with Crippen LogP contribution in [0.2, 0.25) is 0 Å². The second-order valence-electron chi connectivity index (χ2n) is 8.13. The number of hydrogen-bond acceptors (Lipinski definition) is 5. The lowest BCUT2D eigenvalue weighted by atomic mass is 9.79. The van der Waals surface area contributed by atoms with E-state index >= 15 is 0 Å². The van der Waals surface area contributed by atoms with Gasteiger partial charge in [0.2, 0.25) is 11.9 Å². The number of hydrogen-bond donors (Lipinski definition) is 4. The van der Waals surface area contributed by atoms with Gasteiger partial charge in [0.05, 0.1) is 6.54 Å². The number of rotatable bonds is 3. The minimum Gasteiger partial charge on any atom is -0.348 e. The molecule has 4 N–H and O–H groups in total. The van der Waals surface area contributed by atoms with Gasteiger partial charge in [0, 0.05) is 35.7 Å². The molecule has 2 aromatic heterocycles. The zero-order valence-electron chi connectivity index (χ0n) is 17.4. The maximum absolute atomic E-state index is 13.0. The van der Waals surface area contributed by atoms with Crippen LogP contribution in [0.15, 0.2) is 36.5 Å². The standard InChI is InChI=1S/C22H25N7O2/c1-23-21(31)27-16-7-5-15(6-8-16)26-20-25-12-14-11-17-13-24-19(30)22(9-3-2-4-10-22)29(17)18(14)28-20/h5-8,11-12H,2-4,9-10,13H2,1H3,(H,24,30)(H2,23,27,31)(H,25,26,28). The van der Waals surface area contributed by atoms with Crippen LogP contribution in [0.3, 0.4) is 0 Å². The summed E-state index contributed by atoms with van der Waals surface area (Å²) in [5.41, 5.74) is 2.81. The zero-order chi connectivity index (χ0) is 21.4. The van der Waals surface area contributed by atoms with Crippen molar-refractivity contribution in [2.45, 2.75) is 44.2 Å². The van der Waals surface area contributed by atoms with E-state index in [0.29, 0.717) is 18.2 Å². The summed E-state index contributed by atoms with van der Waals surface area (Å²) in [5, 5.41) is 12.5. The van der Waals surface area contributed by atoms with Crippen molar-refractivity contribution < 1.29 is 9.59 Å². The van der Waals surface area contributed by atoms with E-state index in [1.165, 1.54) is 0 Å². The molecular formula is C22H25N7O2. The number of nitrogens with one attached hydrogen (secondary N) is 4. The molecule has 0 bridgehead atoms. The summed E-state index contributed by atoms with van der Waals surface area (Å²) in [5.74, 6) is 0.571. The second-order valence-corrected chi connectivity index (χ2v) is 8.13. The van der Waals surface area contributed by atoms with Crippen LogP contribution in [-0.4, -0.2) is 33.5 Å². The SMILES string of the molecule is CNC(=O)Nc1ccc(Nc2ncc3cc4n(c3n2)C2(CCCCC2)C(=O)NC4)cc1. The quantitative estimate of drug-likeness (QED) is 0.521. The predicted molar refractivity (Wildman–Crippen MR) is 118 cm³/mol. The Morgan fingerprint density at radius 3 is 2.61 bits per heavy atom. The summed E-state index contributed by atoms with van der Waals surface area (Å²) >= 11 is 0. The van der Waals surface area contributed by atoms with Gasteiger partial charge in [0.15, 0.2) is 0 Å². The van der Waals surface area contributed by atoms with Crippen LogP contribution in [-0.2, 0) is 16.9 Å². The summed E-state index contributed by atoms with van der Waals surface area (Å²) in [6.45, 7) is 0.513. The molecule has 3 amide bonds. The Morgan fingerprint density at radius 1 is 1.13 bits per heavy atom. The molecule has 0 unspecified atom stereocenters. The summed E-state index contributed by atoms with van der Waals surface area (Å²) in [7, 11) is 1.57. The van der Waals surface area contributed by atoms with Crippen molar-refractivity contribution in [2.75, 3.05) is 17.7 Å². The van der Waals surface area contributed by atoms with Gasteiger partial charge in [0.25, 0.3) is 0 Å². The number of urea groups is 1. The first kappa shape index (κ1) is 19.3. The van der Waals surface area contributed by atoms with E-state index in [4.69, 9.17) is 4.98 Å². The molecule has 0 radical (unpaired) electrons. The molecule has 1 fully saturated rings. The number of benzene rings is 1. The van der Waals surface area contributed by atoms with Crippen LogP contribution in [0, 0.1) is 0 Å². The molecule has 31 heavy (non-hydrogen) atoms. The lowest BCUT2D eigenvalue weighted by Gasteiger charge is -2.41. The van der Waals surface area contributed by atoms with Crippen molar-refractivity contribution in [1.29, 1.82) is 0 Å². The van der Waals surface area contributed by atoms with Gasteiger partial charge in [-0.2, -0.15) is 4.98 Å². The van der Waals surface area contributed by atoms with Crippen LogP contribution >= 0.6 is 0 Å². The third kappa shape index (κ3) is 3.35. The monoisotopic (exact) mass is 419 g/mol. The van der Waals surface area contributed by atoms with Crippen molar-refractivity contribution in [3.05, 3.63) is 42.2 Å². The Balaban J connectivity index is 1.47. The Kier molecular flexibility index (Phi) is 4.72. The first-order valence-electron chi connectivity index (χ1n) is 10.6. The van der Waals surface area contributed by atoms with E-state index < -0.39 is 5.54 Å². The number of carbonyl (C=O) groups is 2. The molecule has 1 aliphatic heterocycles. The van der Waals surface area contributed by atoms with Crippen LogP contribution in [0.4, 0.5) is 22.1 Å². The molecule has 1 aliphatic carbocycles. The molecule has 3 aromatic rings. The fraction of sp³-hybridized carbons (Fsp3) is 0.364. The van der Waals surface area contributed by atoms with Crippen LogP contribution in [0.25, 0.3) is 11.0 Å². The third-order valence-electron chi connectivity index (χ3n) is 6.20. The van der Waals surface area contributed by atoms with Crippen molar-refractivity contribution >= 4 is 40.3 Å². The number of nitrogens with zero attached hydrogens (tertiary/aromatic N) is 3.